The zero-order valence-corrected chi connectivity index (χ0v) is 11.9. The number of piperidine rings is 1. The lowest BCUT2D eigenvalue weighted by molar-refractivity contribution is 0.0936. The Morgan fingerprint density at radius 3 is 3.05 bits per heavy atom. The minimum absolute atomic E-state index is 0.163. The molecule has 1 aromatic rings. The van der Waals surface area contributed by atoms with Gasteiger partial charge in [0.15, 0.2) is 0 Å². The van der Waals surface area contributed by atoms with Gasteiger partial charge in [-0.3, -0.25) is 4.79 Å². The molecule has 0 aromatic heterocycles. The number of halogens is 1. The molecule has 104 valence electrons. The van der Waals surface area contributed by atoms with Crippen LogP contribution in [-0.4, -0.2) is 37.5 Å². The highest BCUT2D eigenvalue weighted by molar-refractivity contribution is 7.80. The van der Waals surface area contributed by atoms with Crippen molar-refractivity contribution in [3.05, 3.63) is 29.6 Å². The third-order valence-corrected chi connectivity index (χ3v) is 3.82. The van der Waals surface area contributed by atoms with E-state index in [-0.39, 0.29) is 10.8 Å². The summed E-state index contributed by atoms with van der Waals surface area (Å²) in [5.74, 6) is -0.0732. The van der Waals surface area contributed by atoms with Gasteiger partial charge in [-0.2, -0.15) is 0 Å². The monoisotopic (exact) mass is 282 g/mol. The molecule has 1 aromatic carbocycles. The van der Waals surface area contributed by atoms with Crippen molar-refractivity contribution in [3.8, 4) is 0 Å². The summed E-state index contributed by atoms with van der Waals surface area (Å²) in [6.07, 6.45) is 2.32. The lowest BCUT2D eigenvalue weighted by Crippen LogP contribution is -2.39. The van der Waals surface area contributed by atoms with Crippen LogP contribution in [0.4, 0.5) is 4.39 Å². The Hall–Kier alpha value is -1.07. The molecule has 1 fully saturated rings. The maximum absolute atomic E-state index is 13.1. The first-order valence-electron chi connectivity index (χ1n) is 6.51. The molecule has 1 aliphatic heterocycles. The van der Waals surface area contributed by atoms with Crippen LogP contribution in [0.1, 0.15) is 23.2 Å². The van der Waals surface area contributed by atoms with E-state index in [0.717, 1.165) is 19.5 Å². The van der Waals surface area contributed by atoms with Gasteiger partial charge in [0.2, 0.25) is 0 Å². The number of rotatable bonds is 3. The van der Waals surface area contributed by atoms with Crippen molar-refractivity contribution in [1.82, 2.24) is 10.2 Å². The first-order chi connectivity index (χ1) is 9.06. The molecule has 0 saturated carbocycles. The number of nitrogens with zero attached hydrogens (tertiary/aromatic N) is 1. The standard InChI is InChI=1S/C14H19FN2OS/c1-17-6-2-3-10(9-17)8-16-14(18)11-4-5-12(15)13(19)7-11/h4-5,7,10,19H,2-3,6,8-9H2,1H3,(H,16,18). The van der Waals surface area contributed by atoms with Gasteiger partial charge in [0.25, 0.3) is 5.91 Å². The quantitative estimate of drug-likeness (QED) is 0.833. The summed E-state index contributed by atoms with van der Waals surface area (Å²) in [6.45, 7) is 2.81. The smallest absolute Gasteiger partial charge is 0.251 e. The van der Waals surface area contributed by atoms with Crippen LogP contribution in [0.5, 0.6) is 0 Å². The van der Waals surface area contributed by atoms with Gasteiger partial charge in [-0.1, -0.05) is 0 Å². The van der Waals surface area contributed by atoms with Gasteiger partial charge in [-0.05, 0) is 50.6 Å². The summed E-state index contributed by atoms with van der Waals surface area (Å²) in [6, 6.07) is 4.21. The van der Waals surface area contributed by atoms with Gasteiger partial charge < -0.3 is 10.2 Å². The van der Waals surface area contributed by atoms with Crippen molar-refractivity contribution in [2.45, 2.75) is 17.7 Å². The van der Waals surface area contributed by atoms with Crippen LogP contribution in [0.3, 0.4) is 0 Å². The van der Waals surface area contributed by atoms with Gasteiger partial charge in [0, 0.05) is 23.5 Å². The van der Waals surface area contributed by atoms with E-state index in [1.807, 2.05) is 0 Å². The van der Waals surface area contributed by atoms with E-state index in [1.54, 1.807) is 0 Å². The Bertz CT molecular complexity index is 467. The molecule has 0 aliphatic carbocycles. The Labute approximate surface area is 118 Å². The summed E-state index contributed by atoms with van der Waals surface area (Å²) in [4.78, 5) is 14.4. The van der Waals surface area contributed by atoms with E-state index in [0.29, 0.717) is 18.0 Å². The lowest BCUT2D eigenvalue weighted by Gasteiger charge is -2.29. The third kappa shape index (κ3) is 3.94. The number of likely N-dealkylation sites (tertiary alicyclic amines) is 1. The molecule has 1 amide bonds. The highest BCUT2D eigenvalue weighted by Gasteiger charge is 2.18. The van der Waals surface area contributed by atoms with Crippen molar-refractivity contribution in [1.29, 1.82) is 0 Å². The van der Waals surface area contributed by atoms with E-state index < -0.39 is 5.82 Å². The average molecular weight is 282 g/mol. The van der Waals surface area contributed by atoms with Crippen LogP contribution in [-0.2, 0) is 0 Å². The number of thiol groups is 1. The first-order valence-corrected chi connectivity index (χ1v) is 6.96. The second-order valence-electron chi connectivity index (χ2n) is 5.15. The molecule has 1 heterocycles. The van der Waals surface area contributed by atoms with Crippen LogP contribution in [0.2, 0.25) is 0 Å². The molecule has 3 nitrogen and oxygen atoms in total. The Kier molecular flexibility index (Phi) is 4.82. The number of carbonyl (C=O) groups excluding carboxylic acids is 1. The fourth-order valence-electron chi connectivity index (χ4n) is 2.43. The number of benzene rings is 1. The van der Waals surface area contributed by atoms with Crippen molar-refractivity contribution >= 4 is 18.5 Å². The predicted molar refractivity (Wildman–Crippen MR) is 76.2 cm³/mol. The Morgan fingerprint density at radius 1 is 1.58 bits per heavy atom. The topological polar surface area (TPSA) is 32.3 Å². The molecule has 5 heteroatoms. The van der Waals surface area contributed by atoms with E-state index >= 15 is 0 Å². The second kappa shape index (κ2) is 6.39. The van der Waals surface area contributed by atoms with Gasteiger partial charge in [-0.15, -0.1) is 12.6 Å². The second-order valence-corrected chi connectivity index (χ2v) is 5.63. The van der Waals surface area contributed by atoms with Crippen molar-refractivity contribution in [2.75, 3.05) is 26.7 Å². The summed E-state index contributed by atoms with van der Waals surface area (Å²) in [5, 5.41) is 2.91. The van der Waals surface area contributed by atoms with Gasteiger partial charge in [-0.25, -0.2) is 4.39 Å². The summed E-state index contributed by atoms with van der Waals surface area (Å²) in [5.41, 5.74) is 0.454. The highest BCUT2D eigenvalue weighted by Crippen LogP contribution is 2.16. The van der Waals surface area contributed by atoms with Crippen molar-refractivity contribution in [2.24, 2.45) is 5.92 Å². The zero-order valence-electron chi connectivity index (χ0n) is 11.0. The normalized spacial score (nSPS) is 20.3. The van der Waals surface area contributed by atoms with E-state index in [1.165, 1.54) is 24.6 Å². The molecule has 1 N–H and O–H groups in total. The summed E-state index contributed by atoms with van der Waals surface area (Å²) >= 11 is 3.98. The van der Waals surface area contributed by atoms with E-state index in [9.17, 15) is 9.18 Å². The number of amides is 1. The fraction of sp³-hybridized carbons (Fsp3) is 0.500. The van der Waals surface area contributed by atoms with Crippen LogP contribution in [0.25, 0.3) is 0 Å². The highest BCUT2D eigenvalue weighted by atomic mass is 32.1. The molecule has 0 spiro atoms. The predicted octanol–water partition coefficient (Wildman–Crippen LogP) is 2.19. The largest absolute Gasteiger partial charge is 0.352 e. The first kappa shape index (κ1) is 14.3. The summed E-state index contributed by atoms with van der Waals surface area (Å²) < 4.78 is 13.1. The number of hydrogen-bond acceptors (Lipinski definition) is 3. The van der Waals surface area contributed by atoms with E-state index in [4.69, 9.17) is 0 Å². The maximum atomic E-state index is 13.1. The molecule has 1 aliphatic rings. The van der Waals surface area contributed by atoms with E-state index in [2.05, 4.69) is 29.9 Å². The molecule has 1 unspecified atom stereocenters. The van der Waals surface area contributed by atoms with Gasteiger partial charge in [0.1, 0.15) is 5.82 Å². The molecule has 2 rings (SSSR count). The Morgan fingerprint density at radius 2 is 2.37 bits per heavy atom. The maximum Gasteiger partial charge on any atom is 0.251 e. The molecule has 19 heavy (non-hydrogen) atoms. The SMILES string of the molecule is CN1CCCC(CNC(=O)c2ccc(F)c(S)c2)C1. The van der Waals surface area contributed by atoms with Crippen LogP contribution in [0, 0.1) is 11.7 Å². The molecule has 1 saturated heterocycles. The average Bonchev–Trinajstić information content (AvgIpc) is 2.39. The van der Waals surface area contributed by atoms with Crippen LogP contribution in [0.15, 0.2) is 23.1 Å². The Balaban J connectivity index is 1.88. The molecule has 0 bridgehead atoms. The summed E-state index contributed by atoms with van der Waals surface area (Å²) in [7, 11) is 2.10. The van der Waals surface area contributed by atoms with Crippen LogP contribution < -0.4 is 5.32 Å². The molecular weight excluding hydrogens is 263 g/mol. The zero-order chi connectivity index (χ0) is 13.8. The fourth-order valence-corrected chi connectivity index (χ4v) is 2.65. The van der Waals surface area contributed by atoms with Gasteiger partial charge in [0.05, 0.1) is 0 Å². The minimum Gasteiger partial charge on any atom is -0.352 e. The van der Waals surface area contributed by atoms with Crippen molar-refractivity contribution in [3.63, 3.8) is 0 Å². The molecular formula is C14H19FN2OS. The number of carbonyl (C=O) groups is 1. The van der Waals surface area contributed by atoms with Gasteiger partial charge >= 0.3 is 0 Å². The number of nitrogens with one attached hydrogen (secondary N) is 1. The number of hydrogen-bond donors (Lipinski definition) is 2. The van der Waals surface area contributed by atoms with Crippen LogP contribution >= 0.6 is 12.6 Å². The lowest BCUT2D eigenvalue weighted by atomic mass is 9.98. The third-order valence-electron chi connectivity index (χ3n) is 3.48. The molecule has 0 radical (unpaired) electrons. The molecule has 1 atom stereocenters. The minimum atomic E-state index is -0.409. The van der Waals surface area contributed by atoms with Crippen molar-refractivity contribution < 1.29 is 9.18 Å².